The second-order valence-corrected chi connectivity index (χ2v) is 6.50. The van der Waals surface area contributed by atoms with Crippen LogP contribution >= 0.6 is 0 Å². The molecule has 0 aromatic heterocycles. The molecule has 0 amide bonds. The van der Waals surface area contributed by atoms with Crippen LogP contribution in [0, 0.1) is 0 Å². The molecule has 0 radical (unpaired) electrons. The predicted octanol–water partition coefficient (Wildman–Crippen LogP) is 3.22. The van der Waals surface area contributed by atoms with Crippen molar-refractivity contribution in [2.24, 2.45) is 5.10 Å². The molecule has 128 valence electrons. The predicted molar refractivity (Wildman–Crippen MR) is 92.5 cm³/mol. The quantitative estimate of drug-likeness (QED) is 0.343. The Morgan fingerprint density at radius 1 is 1.12 bits per heavy atom. The lowest BCUT2D eigenvalue weighted by Gasteiger charge is -2.07. The van der Waals surface area contributed by atoms with Crippen LogP contribution in [0.4, 0.5) is 5.69 Å². The molecule has 6 nitrogen and oxygen atoms in total. The molecular formula is C17H19N2O4S-. The number of nitrogens with zero attached hydrogens (tertiary/aromatic N) is 1. The Morgan fingerprint density at radius 3 is 2.38 bits per heavy atom. The molecule has 2 aromatic rings. The summed E-state index contributed by atoms with van der Waals surface area (Å²) in [7, 11) is -4.42. The van der Waals surface area contributed by atoms with Crippen LogP contribution in [0.2, 0.25) is 0 Å². The smallest absolute Gasteiger partial charge is 0.124 e. The zero-order chi connectivity index (χ0) is 17.4. The summed E-state index contributed by atoms with van der Waals surface area (Å²) in [5.74, 6) is 0.822. The highest BCUT2D eigenvalue weighted by Crippen LogP contribution is 2.14. The van der Waals surface area contributed by atoms with Gasteiger partial charge in [-0.3, -0.25) is 5.43 Å². The molecule has 0 fully saturated rings. The van der Waals surface area contributed by atoms with Gasteiger partial charge in [-0.15, -0.1) is 0 Å². The van der Waals surface area contributed by atoms with E-state index in [2.05, 4.69) is 17.5 Å². The number of hydrazone groups is 1. The van der Waals surface area contributed by atoms with Crippen molar-refractivity contribution in [1.82, 2.24) is 0 Å². The normalized spacial score (nSPS) is 11.6. The zero-order valence-corrected chi connectivity index (χ0v) is 14.1. The van der Waals surface area contributed by atoms with Crippen molar-refractivity contribution in [3.8, 4) is 5.75 Å². The fourth-order valence-electron chi connectivity index (χ4n) is 1.86. The van der Waals surface area contributed by atoms with Gasteiger partial charge in [-0.2, -0.15) is 5.10 Å². The Morgan fingerprint density at radius 2 is 1.79 bits per heavy atom. The number of hydrogen-bond donors (Lipinski definition) is 1. The first-order valence-corrected chi connectivity index (χ1v) is 8.98. The van der Waals surface area contributed by atoms with Gasteiger partial charge in [-0.25, -0.2) is 8.42 Å². The van der Waals surface area contributed by atoms with Gasteiger partial charge >= 0.3 is 0 Å². The van der Waals surface area contributed by atoms with Gasteiger partial charge in [0.25, 0.3) is 0 Å². The van der Waals surface area contributed by atoms with Crippen molar-refractivity contribution >= 4 is 22.0 Å². The highest BCUT2D eigenvalue weighted by atomic mass is 32.2. The van der Waals surface area contributed by atoms with Crippen molar-refractivity contribution in [1.29, 1.82) is 0 Å². The molecule has 0 spiro atoms. The molecule has 24 heavy (non-hydrogen) atoms. The topological polar surface area (TPSA) is 90.8 Å². The van der Waals surface area contributed by atoms with Crippen LogP contribution in [0.5, 0.6) is 5.75 Å². The van der Waals surface area contributed by atoms with Crippen molar-refractivity contribution in [3.63, 3.8) is 0 Å². The van der Waals surface area contributed by atoms with Crippen LogP contribution in [0.25, 0.3) is 0 Å². The minimum absolute atomic E-state index is 0.268. The highest BCUT2D eigenvalue weighted by molar-refractivity contribution is 7.85. The second-order valence-electron chi connectivity index (χ2n) is 5.12. The average molecular weight is 347 g/mol. The maximum Gasteiger partial charge on any atom is 0.124 e. The third kappa shape index (κ3) is 5.68. The minimum atomic E-state index is -4.42. The van der Waals surface area contributed by atoms with E-state index in [1.807, 2.05) is 24.3 Å². The molecule has 2 aromatic carbocycles. The van der Waals surface area contributed by atoms with Gasteiger partial charge in [-0.1, -0.05) is 13.3 Å². The summed E-state index contributed by atoms with van der Waals surface area (Å²) in [4.78, 5) is -0.268. The molecule has 0 aliphatic rings. The van der Waals surface area contributed by atoms with E-state index in [4.69, 9.17) is 4.74 Å². The summed E-state index contributed by atoms with van der Waals surface area (Å²) in [6, 6.07) is 13.0. The summed E-state index contributed by atoms with van der Waals surface area (Å²) in [6.07, 6.45) is 3.76. The van der Waals surface area contributed by atoms with E-state index in [9.17, 15) is 13.0 Å². The maximum atomic E-state index is 10.8. The van der Waals surface area contributed by atoms with E-state index in [0.29, 0.717) is 12.3 Å². The largest absolute Gasteiger partial charge is 0.744 e. The van der Waals surface area contributed by atoms with Crippen LogP contribution in [-0.4, -0.2) is 25.8 Å². The lowest BCUT2D eigenvalue weighted by atomic mass is 10.2. The zero-order valence-electron chi connectivity index (χ0n) is 13.3. The molecule has 0 bridgehead atoms. The van der Waals surface area contributed by atoms with Gasteiger partial charge in [0.2, 0.25) is 0 Å². The number of ether oxygens (including phenoxy) is 1. The minimum Gasteiger partial charge on any atom is -0.744 e. The molecule has 1 N–H and O–H groups in total. The van der Waals surface area contributed by atoms with Gasteiger partial charge in [0.1, 0.15) is 15.9 Å². The number of anilines is 1. The van der Waals surface area contributed by atoms with Gasteiger partial charge in [-0.05, 0) is 60.5 Å². The molecular weight excluding hydrogens is 328 g/mol. The van der Waals surface area contributed by atoms with Crippen molar-refractivity contribution in [3.05, 3.63) is 54.1 Å². The number of rotatable bonds is 8. The van der Waals surface area contributed by atoms with Gasteiger partial charge in [0.15, 0.2) is 0 Å². The molecule has 0 aliphatic heterocycles. The third-order valence-electron chi connectivity index (χ3n) is 3.20. The van der Waals surface area contributed by atoms with Crippen LogP contribution in [0.15, 0.2) is 58.5 Å². The summed E-state index contributed by atoms with van der Waals surface area (Å²) < 4.78 is 38.1. The summed E-state index contributed by atoms with van der Waals surface area (Å²) in [5.41, 5.74) is 4.24. The summed E-state index contributed by atoms with van der Waals surface area (Å²) in [6.45, 7) is 2.82. The lowest BCUT2D eigenvalue weighted by Crippen LogP contribution is -1.98. The molecule has 0 saturated heterocycles. The van der Waals surface area contributed by atoms with Crippen LogP contribution < -0.4 is 10.2 Å². The molecule has 0 aliphatic carbocycles. The number of nitrogens with one attached hydrogen (secondary N) is 1. The molecule has 0 heterocycles. The van der Waals surface area contributed by atoms with Gasteiger partial charge in [0, 0.05) is 0 Å². The summed E-state index contributed by atoms with van der Waals surface area (Å²) >= 11 is 0. The lowest BCUT2D eigenvalue weighted by molar-refractivity contribution is 0.309. The first-order valence-electron chi connectivity index (χ1n) is 7.57. The number of benzene rings is 2. The standard InChI is InChI=1S/C17H20N2O4S/c1-2-3-12-23-16-8-4-14(5-9-16)13-18-19-15-6-10-17(11-7-15)24(20,21)22/h4-11,13,19H,2-3,12H2,1H3,(H,20,21,22)/p-1/b18-13-. The second kappa shape index (κ2) is 8.47. The van der Waals surface area contributed by atoms with Crippen molar-refractivity contribution in [2.45, 2.75) is 24.7 Å². The Labute approximate surface area is 141 Å². The van der Waals surface area contributed by atoms with E-state index in [1.54, 1.807) is 6.21 Å². The van der Waals surface area contributed by atoms with E-state index < -0.39 is 10.1 Å². The van der Waals surface area contributed by atoms with E-state index >= 15 is 0 Å². The number of hydrogen-bond acceptors (Lipinski definition) is 6. The fourth-order valence-corrected chi connectivity index (χ4v) is 2.33. The van der Waals surface area contributed by atoms with Crippen LogP contribution in [-0.2, 0) is 10.1 Å². The molecule has 0 atom stereocenters. The first-order chi connectivity index (χ1) is 11.5. The molecule has 0 unspecified atom stereocenters. The monoisotopic (exact) mass is 347 g/mol. The Bertz CT molecular complexity index is 769. The first kappa shape index (κ1) is 18.0. The fraction of sp³-hybridized carbons (Fsp3) is 0.235. The van der Waals surface area contributed by atoms with Crippen LogP contribution in [0.1, 0.15) is 25.3 Å². The Hall–Kier alpha value is -2.38. The molecule has 7 heteroatoms. The van der Waals surface area contributed by atoms with E-state index in [-0.39, 0.29) is 4.90 Å². The highest BCUT2D eigenvalue weighted by Gasteiger charge is 2.00. The SMILES string of the molecule is CCCCOc1ccc(/C=N\Nc2ccc(S(=O)(=O)[O-])cc2)cc1. The summed E-state index contributed by atoms with van der Waals surface area (Å²) in [5, 5.41) is 4.07. The average Bonchev–Trinajstić information content (AvgIpc) is 2.56. The molecule has 0 saturated carbocycles. The molecule has 2 rings (SSSR count). The van der Waals surface area contributed by atoms with Crippen molar-refractivity contribution in [2.75, 3.05) is 12.0 Å². The maximum absolute atomic E-state index is 10.8. The number of unbranched alkanes of at least 4 members (excludes halogenated alkanes) is 1. The van der Waals surface area contributed by atoms with Gasteiger partial charge in [0.05, 0.1) is 23.4 Å². The van der Waals surface area contributed by atoms with Gasteiger partial charge < -0.3 is 9.29 Å². The Balaban J connectivity index is 1.89. The Kier molecular flexibility index (Phi) is 6.34. The van der Waals surface area contributed by atoms with Crippen molar-refractivity contribution < 1.29 is 17.7 Å². The third-order valence-corrected chi connectivity index (χ3v) is 4.05. The van der Waals surface area contributed by atoms with E-state index in [0.717, 1.165) is 24.2 Å². The van der Waals surface area contributed by atoms with E-state index in [1.165, 1.54) is 24.3 Å². The van der Waals surface area contributed by atoms with Crippen LogP contribution in [0.3, 0.4) is 0 Å².